The molecule has 0 unspecified atom stereocenters. The van der Waals surface area contributed by atoms with Gasteiger partial charge in [-0.1, -0.05) is 25.1 Å². The van der Waals surface area contributed by atoms with Gasteiger partial charge in [-0.05, 0) is 42.8 Å². The second-order valence-corrected chi connectivity index (χ2v) is 7.08. The number of anilines is 1. The number of benzene rings is 2. The lowest BCUT2D eigenvalue weighted by Crippen LogP contribution is -2.48. The van der Waals surface area contributed by atoms with E-state index in [2.05, 4.69) is 29.1 Å². The Labute approximate surface area is 171 Å². The summed E-state index contributed by atoms with van der Waals surface area (Å²) in [5, 5.41) is 4.50. The summed E-state index contributed by atoms with van der Waals surface area (Å²) < 4.78 is 7.11. The maximum Gasteiger partial charge on any atom is 0.257 e. The van der Waals surface area contributed by atoms with E-state index in [9.17, 15) is 4.79 Å². The molecule has 0 spiro atoms. The van der Waals surface area contributed by atoms with Crippen LogP contribution in [0.25, 0.3) is 5.69 Å². The van der Waals surface area contributed by atoms with Crippen LogP contribution in [-0.2, 0) is 6.42 Å². The van der Waals surface area contributed by atoms with Gasteiger partial charge in [0.25, 0.3) is 5.91 Å². The molecule has 1 saturated heterocycles. The summed E-state index contributed by atoms with van der Waals surface area (Å²) in [4.78, 5) is 17.4. The highest BCUT2D eigenvalue weighted by molar-refractivity contribution is 5.95. The van der Waals surface area contributed by atoms with Gasteiger partial charge >= 0.3 is 0 Å². The molecule has 0 aliphatic carbocycles. The van der Waals surface area contributed by atoms with E-state index in [0.717, 1.165) is 42.3 Å². The second kappa shape index (κ2) is 8.39. The Morgan fingerprint density at radius 1 is 0.966 bits per heavy atom. The predicted octanol–water partition coefficient (Wildman–Crippen LogP) is 3.41. The highest BCUT2D eigenvalue weighted by Crippen LogP contribution is 2.22. The van der Waals surface area contributed by atoms with E-state index in [-0.39, 0.29) is 5.91 Å². The predicted molar refractivity (Wildman–Crippen MR) is 114 cm³/mol. The Kier molecular flexibility index (Phi) is 5.51. The fourth-order valence-corrected chi connectivity index (χ4v) is 3.82. The van der Waals surface area contributed by atoms with Gasteiger partial charge in [-0.25, -0.2) is 4.68 Å². The molecule has 4 rings (SSSR count). The Bertz CT molecular complexity index is 958. The second-order valence-electron chi connectivity index (χ2n) is 7.08. The molecule has 1 aliphatic heterocycles. The number of hydrogen-bond acceptors (Lipinski definition) is 4. The number of amides is 1. The van der Waals surface area contributed by atoms with Crippen LogP contribution in [0, 0.1) is 0 Å². The van der Waals surface area contributed by atoms with Crippen LogP contribution in [-0.4, -0.2) is 53.9 Å². The molecule has 1 aromatic heterocycles. The highest BCUT2D eigenvalue weighted by atomic mass is 16.5. The SMILES string of the molecule is CCc1c(C(=O)N2CCN(c3ccc(OC)cc3)CC2)cnn1-c1ccccc1. The number of nitrogens with zero attached hydrogens (tertiary/aromatic N) is 4. The standard InChI is InChI=1S/C23H26N4O2/c1-3-22-21(17-24-27(22)19-7-5-4-6-8-19)23(28)26-15-13-25(14-16-26)18-9-11-20(29-2)12-10-18/h4-12,17H,3,13-16H2,1-2H3. The largest absolute Gasteiger partial charge is 0.497 e. The molecule has 0 saturated carbocycles. The van der Waals surface area contributed by atoms with E-state index in [1.54, 1.807) is 13.3 Å². The molecule has 150 valence electrons. The Morgan fingerprint density at radius 2 is 1.66 bits per heavy atom. The summed E-state index contributed by atoms with van der Waals surface area (Å²) in [6.07, 6.45) is 2.46. The molecular weight excluding hydrogens is 364 g/mol. The summed E-state index contributed by atoms with van der Waals surface area (Å²) in [5.74, 6) is 0.920. The summed E-state index contributed by atoms with van der Waals surface area (Å²) in [7, 11) is 1.67. The van der Waals surface area contributed by atoms with Crippen molar-refractivity contribution >= 4 is 11.6 Å². The molecule has 29 heavy (non-hydrogen) atoms. The fourth-order valence-electron chi connectivity index (χ4n) is 3.82. The van der Waals surface area contributed by atoms with Crippen molar-refractivity contribution in [2.45, 2.75) is 13.3 Å². The topological polar surface area (TPSA) is 50.6 Å². The third-order valence-electron chi connectivity index (χ3n) is 5.44. The number of para-hydroxylation sites is 1. The maximum absolute atomic E-state index is 13.2. The van der Waals surface area contributed by atoms with Crippen molar-refractivity contribution in [1.29, 1.82) is 0 Å². The van der Waals surface area contributed by atoms with Gasteiger partial charge in [-0.3, -0.25) is 4.79 Å². The van der Waals surface area contributed by atoms with Crippen LogP contribution in [0.1, 0.15) is 23.0 Å². The van der Waals surface area contributed by atoms with Gasteiger partial charge in [-0.15, -0.1) is 0 Å². The van der Waals surface area contributed by atoms with Gasteiger partial charge in [-0.2, -0.15) is 5.10 Å². The van der Waals surface area contributed by atoms with E-state index in [1.165, 1.54) is 0 Å². The molecule has 2 aromatic carbocycles. The molecule has 1 fully saturated rings. The van der Waals surface area contributed by atoms with E-state index in [1.807, 2.05) is 52.0 Å². The lowest BCUT2D eigenvalue weighted by atomic mass is 10.1. The molecule has 2 heterocycles. The molecule has 0 radical (unpaired) electrons. The first-order valence-corrected chi connectivity index (χ1v) is 10.0. The first-order chi connectivity index (χ1) is 14.2. The first-order valence-electron chi connectivity index (χ1n) is 10.0. The zero-order chi connectivity index (χ0) is 20.2. The number of ether oxygens (including phenoxy) is 1. The molecule has 6 nitrogen and oxygen atoms in total. The normalized spacial score (nSPS) is 14.1. The van der Waals surface area contributed by atoms with Crippen LogP contribution >= 0.6 is 0 Å². The fraction of sp³-hybridized carbons (Fsp3) is 0.304. The van der Waals surface area contributed by atoms with Crippen LogP contribution in [0.4, 0.5) is 5.69 Å². The van der Waals surface area contributed by atoms with E-state index >= 15 is 0 Å². The summed E-state index contributed by atoms with van der Waals surface area (Å²) in [6.45, 7) is 5.09. The van der Waals surface area contributed by atoms with Crippen LogP contribution in [0.3, 0.4) is 0 Å². The molecule has 6 heteroatoms. The summed E-state index contributed by atoms with van der Waals surface area (Å²) in [5.41, 5.74) is 3.80. The number of aromatic nitrogens is 2. The highest BCUT2D eigenvalue weighted by Gasteiger charge is 2.26. The molecule has 3 aromatic rings. The number of piperazine rings is 1. The quantitative estimate of drug-likeness (QED) is 0.670. The van der Waals surface area contributed by atoms with Gasteiger partial charge in [0.15, 0.2) is 0 Å². The lowest BCUT2D eigenvalue weighted by molar-refractivity contribution is 0.0745. The molecule has 0 atom stereocenters. The average Bonchev–Trinajstić information content (AvgIpc) is 3.23. The van der Waals surface area contributed by atoms with Crippen LogP contribution in [0.5, 0.6) is 5.75 Å². The Morgan fingerprint density at radius 3 is 2.28 bits per heavy atom. The minimum absolute atomic E-state index is 0.0680. The Hall–Kier alpha value is -3.28. The molecule has 0 N–H and O–H groups in total. The number of carbonyl (C=O) groups excluding carboxylic acids is 1. The van der Waals surface area contributed by atoms with Crippen LogP contribution in [0.2, 0.25) is 0 Å². The van der Waals surface area contributed by atoms with Gasteiger partial charge in [0.2, 0.25) is 0 Å². The summed E-state index contributed by atoms with van der Waals surface area (Å²) >= 11 is 0. The van der Waals surface area contributed by atoms with Gasteiger partial charge in [0.1, 0.15) is 5.75 Å². The lowest BCUT2D eigenvalue weighted by Gasteiger charge is -2.36. The van der Waals surface area contributed by atoms with Crippen molar-refractivity contribution in [3.63, 3.8) is 0 Å². The summed E-state index contributed by atoms with van der Waals surface area (Å²) in [6, 6.07) is 18.0. The molecule has 1 aliphatic rings. The van der Waals surface area contributed by atoms with Crippen LogP contribution < -0.4 is 9.64 Å². The van der Waals surface area contributed by atoms with Crippen molar-refractivity contribution in [3.05, 3.63) is 72.1 Å². The molecule has 1 amide bonds. The van der Waals surface area contributed by atoms with E-state index < -0.39 is 0 Å². The third kappa shape index (κ3) is 3.83. The zero-order valence-corrected chi connectivity index (χ0v) is 16.9. The first kappa shape index (κ1) is 19.1. The van der Waals surface area contributed by atoms with Crippen LogP contribution in [0.15, 0.2) is 60.8 Å². The van der Waals surface area contributed by atoms with Crippen molar-refractivity contribution in [2.24, 2.45) is 0 Å². The average molecular weight is 390 g/mol. The molecular formula is C23H26N4O2. The zero-order valence-electron chi connectivity index (χ0n) is 16.9. The van der Waals surface area contributed by atoms with E-state index in [0.29, 0.717) is 18.7 Å². The molecule has 0 bridgehead atoms. The number of methoxy groups -OCH3 is 1. The monoisotopic (exact) mass is 390 g/mol. The minimum atomic E-state index is 0.0680. The van der Waals surface area contributed by atoms with Gasteiger partial charge < -0.3 is 14.5 Å². The van der Waals surface area contributed by atoms with Gasteiger partial charge in [0, 0.05) is 31.9 Å². The minimum Gasteiger partial charge on any atom is -0.497 e. The van der Waals surface area contributed by atoms with Crippen molar-refractivity contribution in [2.75, 3.05) is 38.2 Å². The smallest absolute Gasteiger partial charge is 0.257 e. The van der Waals surface area contributed by atoms with Crippen molar-refractivity contribution in [3.8, 4) is 11.4 Å². The van der Waals surface area contributed by atoms with Crippen molar-refractivity contribution < 1.29 is 9.53 Å². The van der Waals surface area contributed by atoms with Gasteiger partial charge in [0.05, 0.1) is 30.3 Å². The number of hydrogen-bond donors (Lipinski definition) is 0. The number of rotatable bonds is 5. The Balaban J connectivity index is 1.46. The maximum atomic E-state index is 13.2. The third-order valence-corrected chi connectivity index (χ3v) is 5.44. The number of carbonyl (C=O) groups is 1. The van der Waals surface area contributed by atoms with Crippen molar-refractivity contribution in [1.82, 2.24) is 14.7 Å². The van der Waals surface area contributed by atoms with E-state index in [4.69, 9.17) is 4.74 Å².